The molecule has 8 aromatic heterocycles. The zero-order chi connectivity index (χ0) is 87.9. The first-order chi connectivity index (χ1) is 59.1. The summed E-state index contributed by atoms with van der Waals surface area (Å²) in [7, 11) is -6.33. The van der Waals surface area contributed by atoms with Gasteiger partial charge in [0.1, 0.15) is 0 Å². The monoisotopic (exact) mass is 2180 g/mol. The molecule has 16 bridgehead atoms. The second kappa shape index (κ2) is 52.9. The van der Waals surface area contributed by atoms with Crippen molar-refractivity contribution in [2.24, 2.45) is 0 Å². The molecular weight excluding hydrogens is 2100 g/mol. The van der Waals surface area contributed by atoms with Gasteiger partial charge in [-0.25, -0.2) is 0 Å². The van der Waals surface area contributed by atoms with Crippen LogP contribution in [0.4, 0.5) is 0 Å². The van der Waals surface area contributed by atoms with Gasteiger partial charge in [0.2, 0.25) is 0 Å². The number of nitrogens with zero attached hydrogens (tertiary/aromatic N) is 8. The third kappa shape index (κ3) is 29.5. The first-order valence-electron chi connectivity index (χ1n) is 36.6. The van der Waals surface area contributed by atoms with Gasteiger partial charge in [0.05, 0.1) is 44.5 Å². The van der Waals surface area contributed by atoms with E-state index in [0.717, 1.165) is 211 Å². The summed E-state index contributed by atoms with van der Waals surface area (Å²) >= 11 is 28.8. The van der Waals surface area contributed by atoms with Gasteiger partial charge in [0.25, 0.3) is 0 Å². The van der Waals surface area contributed by atoms with Crippen LogP contribution in [0, 0.1) is 47.3 Å². The fourth-order valence-electron chi connectivity index (χ4n) is 13.4. The summed E-state index contributed by atoms with van der Waals surface area (Å²) in [6.07, 6.45) is 0. The normalized spacial score (nSPS) is 11.5. The molecule has 0 spiro atoms. The van der Waals surface area contributed by atoms with Crippen LogP contribution in [0.1, 0.15) is 136 Å². The van der Waals surface area contributed by atoms with E-state index in [1.807, 2.05) is 48.5 Å². The van der Waals surface area contributed by atoms with Gasteiger partial charge in [-0.3, -0.25) is 16.8 Å². The number of aromatic nitrogens is 8. The zero-order valence-electron chi connectivity index (χ0n) is 67.4. The van der Waals surface area contributed by atoms with Crippen molar-refractivity contribution in [3.63, 3.8) is 0 Å². The molecule has 22 nitrogen and oxygen atoms in total. The third-order valence-corrected chi connectivity index (χ3v) is 17.7. The van der Waals surface area contributed by atoms with E-state index in [9.17, 15) is 0 Å². The van der Waals surface area contributed by atoms with Crippen LogP contribution in [0.25, 0.3) is 0 Å². The van der Waals surface area contributed by atoms with Crippen molar-refractivity contribution in [2.45, 2.75) is 8.59 Å². The van der Waals surface area contributed by atoms with Crippen molar-refractivity contribution in [2.75, 3.05) is 28.4 Å². The van der Waals surface area contributed by atoms with Crippen LogP contribution >= 0.6 is 69.6 Å². The predicted molar refractivity (Wildman–Crippen MR) is 480 cm³/mol. The second-order valence-electron chi connectivity index (χ2n) is 25.0. The number of hydrogen-bond donors (Lipinski definition) is 4. The van der Waals surface area contributed by atoms with Crippen LogP contribution in [0.15, 0.2) is 340 Å². The molecule has 0 fully saturated rings. The van der Waals surface area contributed by atoms with Crippen LogP contribution in [-0.2, 0) is 83.4 Å². The van der Waals surface area contributed by atoms with Crippen molar-refractivity contribution in [1.29, 1.82) is 0 Å². The fraction of sp³-hybridized carbons (Fsp3) is 0.0638. The molecule has 0 saturated heterocycles. The van der Waals surface area contributed by atoms with Gasteiger partial charge in [-0.05, 0) is 237 Å². The fourth-order valence-corrected chi connectivity index (χ4v) is 13.4. The Balaban J connectivity index is 0.000000343. The van der Waals surface area contributed by atoms with E-state index in [1.54, 1.807) is 0 Å². The molecule has 2 aliphatic rings. The number of alkyl halides is 6. The molecule has 18 rings (SSSR count). The summed E-state index contributed by atoms with van der Waals surface area (Å²) in [5.41, 5.74) is 22.2. The van der Waals surface area contributed by atoms with Crippen molar-refractivity contribution < 1.29 is 118 Å². The Bertz CT molecular complexity index is 4760. The predicted octanol–water partition coefficient (Wildman–Crippen LogP) is 13.7. The molecule has 10 heterocycles. The van der Waals surface area contributed by atoms with E-state index < -0.39 is 29.4 Å². The number of halogens is 6. The summed E-state index contributed by atoms with van der Waals surface area (Å²) in [6, 6.07) is 117. The van der Waals surface area contributed by atoms with Crippen molar-refractivity contribution in [3.05, 3.63) is 523 Å². The van der Waals surface area contributed by atoms with E-state index in [2.05, 4.69) is 291 Å². The van der Waals surface area contributed by atoms with Crippen molar-refractivity contribution in [1.82, 2.24) is 39.9 Å². The smallest absolute Gasteiger partial charge is 0.180 e. The average Bonchev–Trinajstić information content (AvgIpc) is 1.62. The van der Waals surface area contributed by atoms with Crippen LogP contribution in [0.3, 0.4) is 0 Å². The standard InChI is InChI=1S/2C44H28N4.2CHCl3.4CH4O.2Hf.2H2O4S.2H2O/c2*1-5-13-29(14-6-1)41-33-21-23-35(45-33)42(30-15-7-2-8-16-30)37-25-27-39(47-37)44(32-19-11-4-12-20-32)40-28-26-38(48-40)43(31-17-9-3-10-18-31)36-24-22-34(41)46-36;2*2-1(3)4;4*1-2;;;2*1-5(2,3)4;;/h2*1-28H;2*1H;4*2H,1H3;;;2*(H2,1,2,3,4);2*1H2/p-2. The Kier molecular flexibility index (Phi) is 44.7. The molecule has 16 aromatic rings. The van der Waals surface area contributed by atoms with Gasteiger partial charge in [-0.1, -0.05) is 69.6 Å². The third-order valence-electron chi connectivity index (χ3n) is 17.7. The van der Waals surface area contributed by atoms with Gasteiger partial charge in [0.15, 0.2) is 8.59 Å². The number of fused-ring (bicyclic) bond motifs is 16. The van der Waals surface area contributed by atoms with Gasteiger partial charge in [-0.2, -0.15) is 0 Å². The maximum absolute atomic E-state index is 8.52. The Hall–Kier alpha value is -10.1. The van der Waals surface area contributed by atoms with E-state index in [-0.39, 0.29) is 62.6 Å². The molecule has 0 radical (unpaired) electrons. The summed E-state index contributed by atoms with van der Waals surface area (Å²) < 4.78 is 66.7. The van der Waals surface area contributed by atoms with E-state index in [4.69, 9.17) is 165 Å². The molecule has 0 unspecified atom stereocenters. The Morgan fingerprint density at radius 1 is 0.198 bits per heavy atom. The zero-order valence-corrected chi connectivity index (χ0v) is 80.7. The number of rotatable bonds is 8. The molecular formula is C94H80Cl6Hf2N8O14S2-2. The molecule has 644 valence electrons. The molecule has 10 N–H and O–H groups in total. The molecule has 0 atom stereocenters. The van der Waals surface area contributed by atoms with Crippen LogP contribution in [-0.4, -0.2) is 92.5 Å². The Labute approximate surface area is 800 Å². The maximum Gasteiger partial charge on any atom is 0.180 e. The quantitative estimate of drug-likeness (QED) is 0.0274. The van der Waals surface area contributed by atoms with E-state index >= 15 is 0 Å². The largest absolute Gasteiger partial charge is 0.759 e. The topological polar surface area (TPSA) is 420 Å². The van der Waals surface area contributed by atoms with Gasteiger partial charge < -0.3 is 89.5 Å². The Morgan fingerprint density at radius 2 is 0.262 bits per heavy atom. The van der Waals surface area contributed by atoms with Gasteiger partial charge in [-0.15, -0.1) is 0 Å². The van der Waals surface area contributed by atoms with Crippen molar-refractivity contribution >= 4 is 90.4 Å². The molecule has 32 heteroatoms. The number of hydrogen-bond acceptors (Lipinski definition) is 12. The SMILES string of the molecule is CO.CO.CO.CO.ClC(Cl)Cl.ClC(Cl)Cl.O=S(=O)([O-])[O-].O=S(=O)([O-])[O-].[Hf].[Hf].[OH3+].[OH3+].c1ccc([C+]2c3ccc([n-]3)[C+](c3ccccc3)c3ccc([n-]3)[C+](c3ccccc3)c3ccc([n-]3)[C+](c3ccccc3)c3ccc2[n-]3)cc1.c1ccc([C+]2c3ccc([n-]3)[C+](c3ccccc3)c3ccc([n-]3)[C+](c3ccccc3)c3ccc([n-]3)[C+](c3ccccc3)c3ccc2[n-]3)cc1. The molecule has 0 aliphatic carbocycles. The maximum atomic E-state index is 8.52. The summed E-state index contributed by atoms with van der Waals surface area (Å²) in [5.74, 6) is 7.83. The molecule has 0 saturated carbocycles. The molecule has 0 amide bonds. The minimum Gasteiger partial charge on any atom is -0.759 e. The van der Waals surface area contributed by atoms with Crippen LogP contribution < -0.4 is 39.9 Å². The summed E-state index contributed by atoms with van der Waals surface area (Å²) in [4.78, 5) is 42.5. The minimum absolute atomic E-state index is 0. The number of benzene rings is 8. The first kappa shape index (κ1) is 106. The van der Waals surface area contributed by atoms with Crippen LogP contribution in [0.5, 0.6) is 0 Å². The molecule has 2 aliphatic heterocycles. The van der Waals surface area contributed by atoms with E-state index in [0.29, 0.717) is 0 Å². The van der Waals surface area contributed by atoms with Crippen molar-refractivity contribution in [3.8, 4) is 0 Å². The van der Waals surface area contributed by atoms with E-state index in [1.165, 1.54) is 0 Å². The van der Waals surface area contributed by atoms with Crippen LogP contribution in [0.2, 0.25) is 0 Å². The minimum atomic E-state index is -5.17. The number of aliphatic hydroxyl groups is 4. The summed E-state index contributed by atoms with van der Waals surface area (Å²) in [6.45, 7) is 0. The number of aliphatic hydroxyl groups excluding tert-OH is 4. The Morgan fingerprint density at radius 3 is 0.325 bits per heavy atom. The first-order valence-corrected chi connectivity index (χ1v) is 41.9. The molecule has 8 aromatic carbocycles. The second-order valence-corrected chi connectivity index (χ2v) is 30.6. The van der Waals surface area contributed by atoms with Gasteiger partial charge in [0, 0.05) is 342 Å². The summed E-state index contributed by atoms with van der Waals surface area (Å²) in [5, 5.41) is 28.0. The van der Waals surface area contributed by atoms with Gasteiger partial charge >= 0.3 is 0 Å². The molecule has 126 heavy (non-hydrogen) atoms. The average molecular weight is 2180 g/mol.